The van der Waals surface area contributed by atoms with Gasteiger partial charge in [0.25, 0.3) is 5.56 Å². The summed E-state index contributed by atoms with van der Waals surface area (Å²) in [5, 5.41) is 0. The van der Waals surface area contributed by atoms with Crippen LogP contribution in [0.3, 0.4) is 0 Å². The highest BCUT2D eigenvalue weighted by Crippen LogP contribution is 2.36. The Morgan fingerprint density at radius 3 is 2.49 bits per heavy atom. The first-order chi connectivity index (χ1) is 17.8. The van der Waals surface area contributed by atoms with Gasteiger partial charge in [0, 0.05) is 12.5 Å². The predicted molar refractivity (Wildman–Crippen MR) is 138 cm³/mol. The molecule has 0 spiro atoms. The van der Waals surface area contributed by atoms with E-state index in [0.29, 0.717) is 26.3 Å². The molecule has 1 aliphatic rings. The van der Waals surface area contributed by atoms with Crippen LogP contribution in [0.15, 0.2) is 63.5 Å². The first-order valence-corrected chi connectivity index (χ1v) is 12.3. The van der Waals surface area contributed by atoms with Crippen molar-refractivity contribution in [3.63, 3.8) is 0 Å². The summed E-state index contributed by atoms with van der Waals surface area (Å²) in [4.78, 5) is 43.4. The molecule has 192 valence electrons. The summed E-state index contributed by atoms with van der Waals surface area (Å²) in [6.45, 7) is 4.87. The van der Waals surface area contributed by atoms with Crippen molar-refractivity contribution in [3.05, 3.63) is 84.5 Å². The minimum atomic E-state index is -0.838. The Morgan fingerprint density at radius 2 is 1.81 bits per heavy atom. The summed E-state index contributed by atoms with van der Waals surface area (Å²) >= 11 is 1.21. The Kier molecular flexibility index (Phi) is 7.58. The van der Waals surface area contributed by atoms with Crippen molar-refractivity contribution in [3.8, 4) is 17.2 Å². The van der Waals surface area contributed by atoms with Crippen LogP contribution in [0.1, 0.15) is 37.9 Å². The van der Waals surface area contributed by atoms with Gasteiger partial charge in [-0.05, 0) is 43.7 Å². The van der Waals surface area contributed by atoms with Gasteiger partial charge < -0.3 is 18.9 Å². The molecule has 0 aliphatic carbocycles. The van der Waals surface area contributed by atoms with Gasteiger partial charge in [0.15, 0.2) is 16.3 Å². The molecule has 4 rings (SSSR count). The van der Waals surface area contributed by atoms with E-state index in [1.54, 1.807) is 45.2 Å². The minimum absolute atomic E-state index is 0.162. The van der Waals surface area contributed by atoms with Gasteiger partial charge in [-0.1, -0.05) is 35.6 Å². The Labute approximate surface area is 216 Å². The number of hydrogen-bond donors (Lipinski definition) is 0. The number of hydrogen-bond acceptors (Lipinski definition) is 9. The third-order valence-electron chi connectivity index (χ3n) is 5.70. The molecule has 1 aromatic heterocycles. The quantitative estimate of drug-likeness (QED) is 0.347. The zero-order valence-electron chi connectivity index (χ0n) is 21.1. The zero-order valence-corrected chi connectivity index (χ0v) is 21.9. The SMILES string of the molecule is CCOC(=O)C1=C(C)N=c2s/c(=C/c3ccccc3OC)c(=O)n2[C@H]1c1ccc(OC(C)=O)c(OC)c1. The molecule has 0 bridgehead atoms. The van der Waals surface area contributed by atoms with Crippen LogP contribution in [0.2, 0.25) is 0 Å². The van der Waals surface area contributed by atoms with Crippen LogP contribution < -0.4 is 29.1 Å². The molecule has 0 unspecified atom stereocenters. The van der Waals surface area contributed by atoms with E-state index in [0.717, 1.165) is 5.56 Å². The molecule has 0 radical (unpaired) electrons. The molecule has 37 heavy (non-hydrogen) atoms. The van der Waals surface area contributed by atoms with Crippen LogP contribution in [0, 0.1) is 0 Å². The maximum atomic E-state index is 13.8. The van der Waals surface area contributed by atoms with Crippen LogP contribution in [0.25, 0.3) is 6.08 Å². The van der Waals surface area contributed by atoms with Crippen LogP contribution in [-0.2, 0) is 14.3 Å². The number of fused-ring (bicyclic) bond motifs is 1. The number of nitrogens with zero attached hydrogens (tertiary/aromatic N) is 2. The summed E-state index contributed by atoms with van der Waals surface area (Å²) in [6, 6.07) is 11.4. The average Bonchev–Trinajstić information content (AvgIpc) is 3.17. The van der Waals surface area contributed by atoms with Crippen LogP contribution in [-0.4, -0.2) is 37.3 Å². The van der Waals surface area contributed by atoms with Crippen molar-refractivity contribution in [1.29, 1.82) is 0 Å². The molecule has 9 nitrogen and oxygen atoms in total. The number of carbonyl (C=O) groups is 2. The molecule has 2 heterocycles. The second-order valence-electron chi connectivity index (χ2n) is 8.05. The van der Waals surface area contributed by atoms with E-state index >= 15 is 0 Å². The number of para-hydroxylation sites is 1. The molecule has 0 saturated carbocycles. The Morgan fingerprint density at radius 1 is 1.08 bits per heavy atom. The van der Waals surface area contributed by atoms with Gasteiger partial charge >= 0.3 is 11.9 Å². The predicted octanol–water partition coefficient (Wildman–Crippen LogP) is 2.74. The number of aromatic nitrogens is 1. The number of benzene rings is 2. The van der Waals surface area contributed by atoms with E-state index in [1.807, 2.05) is 24.3 Å². The number of thiazole rings is 1. The van der Waals surface area contributed by atoms with E-state index in [9.17, 15) is 14.4 Å². The lowest BCUT2D eigenvalue weighted by molar-refractivity contribution is -0.139. The van der Waals surface area contributed by atoms with Crippen molar-refractivity contribution in [2.24, 2.45) is 4.99 Å². The van der Waals surface area contributed by atoms with Gasteiger partial charge in [-0.15, -0.1) is 0 Å². The molecule has 1 aliphatic heterocycles. The number of allylic oxidation sites excluding steroid dienone is 1. The zero-order chi connectivity index (χ0) is 26.7. The highest BCUT2D eigenvalue weighted by Gasteiger charge is 2.34. The van der Waals surface area contributed by atoms with E-state index in [4.69, 9.17) is 18.9 Å². The number of rotatable bonds is 7. The second kappa shape index (κ2) is 10.8. The smallest absolute Gasteiger partial charge is 0.338 e. The van der Waals surface area contributed by atoms with Crippen molar-refractivity contribution < 1.29 is 28.5 Å². The maximum absolute atomic E-state index is 13.8. The molecule has 2 aromatic carbocycles. The summed E-state index contributed by atoms with van der Waals surface area (Å²) in [6.07, 6.45) is 1.74. The molecule has 0 amide bonds. The van der Waals surface area contributed by atoms with Gasteiger partial charge in [-0.2, -0.15) is 0 Å². The van der Waals surface area contributed by atoms with Crippen LogP contribution in [0.5, 0.6) is 17.2 Å². The maximum Gasteiger partial charge on any atom is 0.338 e. The fraction of sp³-hybridized carbons (Fsp3) is 0.259. The number of esters is 2. The van der Waals surface area contributed by atoms with Crippen molar-refractivity contribution in [1.82, 2.24) is 4.57 Å². The van der Waals surface area contributed by atoms with E-state index in [2.05, 4.69) is 4.99 Å². The molecular weight excluding hydrogens is 496 g/mol. The van der Waals surface area contributed by atoms with Crippen molar-refractivity contribution in [2.75, 3.05) is 20.8 Å². The summed E-state index contributed by atoms with van der Waals surface area (Å²) in [5.41, 5.74) is 1.66. The fourth-order valence-electron chi connectivity index (χ4n) is 4.13. The van der Waals surface area contributed by atoms with Crippen molar-refractivity contribution in [2.45, 2.75) is 26.8 Å². The molecule has 0 N–H and O–H groups in total. The van der Waals surface area contributed by atoms with E-state index in [1.165, 1.54) is 29.9 Å². The summed E-state index contributed by atoms with van der Waals surface area (Å²) in [7, 11) is 3.01. The molecule has 1 atom stereocenters. The second-order valence-corrected chi connectivity index (χ2v) is 9.06. The Bertz CT molecular complexity index is 1580. The Balaban J connectivity index is 1.96. The van der Waals surface area contributed by atoms with Crippen LogP contribution >= 0.6 is 11.3 Å². The molecular formula is C27H26N2O7S. The highest BCUT2D eigenvalue weighted by molar-refractivity contribution is 7.07. The van der Waals surface area contributed by atoms with Gasteiger partial charge in [0.05, 0.1) is 42.7 Å². The standard InChI is InChI=1S/C27H26N2O7S/c1-6-35-26(32)23-15(2)28-27-29(24(23)18-11-12-20(36-16(3)30)21(13-18)34-5)25(31)22(37-27)14-17-9-7-8-10-19(17)33-4/h7-14,24H,6H2,1-5H3/b22-14+/t24-/m0/s1. The van der Waals surface area contributed by atoms with Gasteiger partial charge in [-0.3, -0.25) is 14.2 Å². The number of ether oxygens (including phenoxy) is 4. The van der Waals surface area contributed by atoms with Gasteiger partial charge in [0.1, 0.15) is 5.75 Å². The lowest BCUT2D eigenvalue weighted by atomic mass is 9.95. The molecule has 0 saturated heterocycles. The lowest BCUT2D eigenvalue weighted by Gasteiger charge is -2.25. The van der Waals surface area contributed by atoms with Crippen molar-refractivity contribution >= 4 is 29.4 Å². The summed E-state index contributed by atoms with van der Waals surface area (Å²) < 4.78 is 23.3. The molecule has 3 aromatic rings. The minimum Gasteiger partial charge on any atom is -0.496 e. The largest absolute Gasteiger partial charge is 0.496 e. The average molecular weight is 523 g/mol. The third kappa shape index (κ3) is 5.05. The normalized spacial score (nSPS) is 15.1. The van der Waals surface area contributed by atoms with Crippen LogP contribution in [0.4, 0.5) is 0 Å². The molecule has 0 fully saturated rings. The highest BCUT2D eigenvalue weighted by atomic mass is 32.1. The first-order valence-electron chi connectivity index (χ1n) is 11.5. The number of methoxy groups -OCH3 is 2. The fourth-order valence-corrected chi connectivity index (χ4v) is 5.16. The first kappa shape index (κ1) is 25.9. The van der Waals surface area contributed by atoms with E-state index < -0.39 is 18.0 Å². The monoisotopic (exact) mass is 522 g/mol. The van der Waals surface area contributed by atoms with Gasteiger partial charge in [-0.25, -0.2) is 9.79 Å². The summed E-state index contributed by atoms with van der Waals surface area (Å²) in [5.74, 6) is 0.0515. The van der Waals surface area contributed by atoms with E-state index in [-0.39, 0.29) is 29.2 Å². The lowest BCUT2D eigenvalue weighted by Crippen LogP contribution is -2.40. The Hall–Kier alpha value is -4.18. The molecule has 10 heteroatoms. The topological polar surface area (TPSA) is 105 Å². The number of carbonyl (C=O) groups excluding carboxylic acids is 2. The third-order valence-corrected chi connectivity index (χ3v) is 6.68. The van der Waals surface area contributed by atoms with Gasteiger partial charge in [0.2, 0.25) is 0 Å².